The molecule has 0 atom stereocenters. The van der Waals surface area contributed by atoms with Crippen molar-refractivity contribution in [3.05, 3.63) is 45.8 Å². The minimum absolute atomic E-state index is 0.150. The normalized spacial score (nSPS) is 15.8. The van der Waals surface area contributed by atoms with Crippen molar-refractivity contribution >= 4 is 43.6 Å². The van der Waals surface area contributed by atoms with E-state index in [4.69, 9.17) is 0 Å². The molecular formula is C15H14BrFN4O4S. The maximum atomic E-state index is 14.4. The number of halogens is 2. The number of anilines is 2. The maximum absolute atomic E-state index is 14.4. The van der Waals surface area contributed by atoms with Crippen LogP contribution in [0.4, 0.5) is 15.9 Å². The zero-order chi connectivity index (χ0) is 19.1. The monoisotopic (exact) mass is 444 g/mol. The molecule has 0 radical (unpaired) electrons. The van der Waals surface area contributed by atoms with Gasteiger partial charge in [0.15, 0.2) is 5.82 Å². The predicted molar refractivity (Wildman–Crippen MR) is 96.5 cm³/mol. The van der Waals surface area contributed by atoms with Crippen LogP contribution in [0.25, 0.3) is 0 Å². The Morgan fingerprint density at radius 2 is 2.12 bits per heavy atom. The third kappa shape index (κ3) is 3.73. The van der Waals surface area contributed by atoms with Gasteiger partial charge in [-0.05, 0) is 58.2 Å². The smallest absolute Gasteiger partial charge is 0.326 e. The highest BCUT2D eigenvalue weighted by Crippen LogP contribution is 2.34. The number of nitrogens with zero attached hydrogens (tertiary/aromatic N) is 2. The number of carbonyl (C=O) groups is 1. The summed E-state index contributed by atoms with van der Waals surface area (Å²) < 4.78 is 40.9. The molecule has 1 saturated heterocycles. The Morgan fingerprint density at radius 1 is 1.38 bits per heavy atom. The molecule has 1 aromatic carbocycles. The molecule has 11 heteroatoms. The molecule has 0 unspecified atom stereocenters. The fourth-order valence-electron chi connectivity index (χ4n) is 2.54. The zero-order valence-corrected chi connectivity index (χ0v) is 15.9. The molecule has 8 nitrogen and oxygen atoms in total. The molecule has 26 heavy (non-hydrogen) atoms. The SMILES string of the molecule is Cc1cc(Br)nc(NCc2cc(O)c(N3CC(=O)NS3(=O)=O)c(F)c2)c1. The highest BCUT2D eigenvalue weighted by molar-refractivity contribution is 9.10. The topological polar surface area (TPSA) is 112 Å². The number of rotatable bonds is 4. The van der Waals surface area contributed by atoms with Crippen molar-refractivity contribution in [2.24, 2.45) is 0 Å². The molecule has 1 aromatic heterocycles. The molecular weight excluding hydrogens is 431 g/mol. The van der Waals surface area contributed by atoms with E-state index in [0.717, 1.165) is 11.6 Å². The minimum Gasteiger partial charge on any atom is -0.506 e. The van der Waals surface area contributed by atoms with E-state index in [9.17, 15) is 22.7 Å². The third-order valence-corrected chi connectivity index (χ3v) is 5.37. The molecule has 0 spiro atoms. The summed E-state index contributed by atoms with van der Waals surface area (Å²) in [6.45, 7) is 1.45. The summed E-state index contributed by atoms with van der Waals surface area (Å²) in [7, 11) is -4.21. The minimum atomic E-state index is -4.21. The Balaban J connectivity index is 1.84. The average molecular weight is 445 g/mol. The van der Waals surface area contributed by atoms with Crippen LogP contribution in [0.15, 0.2) is 28.9 Å². The summed E-state index contributed by atoms with van der Waals surface area (Å²) in [4.78, 5) is 15.5. The first-order chi connectivity index (χ1) is 12.2. The van der Waals surface area contributed by atoms with Gasteiger partial charge in [-0.2, -0.15) is 8.42 Å². The van der Waals surface area contributed by atoms with Crippen molar-refractivity contribution in [1.29, 1.82) is 0 Å². The van der Waals surface area contributed by atoms with Crippen molar-refractivity contribution in [3.63, 3.8) is 0 Å². The summed E-state index contributed by atoms with van der Waals surface area (Å²) in [6, 6.07) is 5.94. The second kappa shape index (κ2) is 6.72. The number of aromatic hydroxyl groups is 1. The molecule has 0 saturated carbocycles. The van der Waals surface area contributed by atoms with Gasteiger partial charge in [-0.15, -0.1) is 0 Å². The molecule has 1 aliphatic heterocycles. The molecule has 0 bridgehead atoms. The molecule has 0 aliphatic carbocycles. The standard InChI is InChI=1S/C15H14BrFN4O4S/c1-8-2-12(16)19-13(3-8)18-6-9-4-10(17)15(11(22)5-9)21-7-14(23)20-26(21,24)25/h2-5,22H,6-7H2,1H3,(H,18,19)(H,20,23). The van der Waals surface area contributed by atoms with Gasteiger partial charge in [-0.3, -0.25) is 4.79 Å². The fourth-order valence-corrected chi connectivity index (χ4v) is 4.26. The van der Waals surface area contributed by atoms with E-state index in [1.54, 1.807) is 10.8 Å². The summed E-state index contributed by atoms with van der Waals surface area (Å²) >= 11 is 3.28. The highest BCUT2D eigenvalue weighted by Gasteiger charge is 2.37. The first kappa shape index (κ1) is 18.4. The van der Waals surface area contributed by atoms with Crippen LogP contribution in [0, 0.1) is 12.7 Å². The van der Waals surface area contributed by atoms with Crippen LogP contribution in [-0.2, 0) is 21.5 Å². The van der Waals surface area contributed by atoms with Crippen molar-refractivity contribution in [2.45, 2.75) is 13.5 Å². The third-order valence-electron chi connectivity index (χ3n) is 3.58. The van der Waals surface area contributed by atoms with Gasteiger partial charge >= 0.3 is 10.2 Å². The Hall–Kier alpha value is -2.40. The van der Waals surface area contributed by atoms with Gasteiger partial charge in [0.1, 0.15) is 28.4 Å². The van der Waals surface area contributed by atoms with Gasteiger partial charge in [0.05, 0.1) is 0 Å². The molecule has 3 N–H and O–H groups in total. The van der Waals surface area contributed by atoms with Gasteiger partial charge in [-0.1, -0.05) is 0 Å². The highest BCUT2D eigenvalue weighted by atomic mass is 79.9. The number of amides is 1. The van der Waals surface area contributed by atoms with E-state index in [1.807, 2.05) is 13.0 Å². The molecule has 3 rings (SSSR count). The lowest BCUT2D eigenvalue weighted by Crippen LogP contribution is -2.30. The summed E-state index contributed by atoms with van der Waals surface area (Å²) in [6.07, 6.45) is 0. The lowest BCUT2D eigenvalue weighted by atomic mass is 10.1. The van der Waals surface area contributed by atoms with E-state index in [1.165, 1.54) is 6.07 Å². The van der Waals surface area contributed by atoms with Crippen molar-refractivity contribution in [1.82, 2.24) is 9.71 Å². The quantitative estimate of drug-likeness (QED) is 0.619. The zero-order valence-electron chi connectivity index (χ0n) is 13.5. The maximum Gasteiger partial charge on any atom is 0.326 e. The van der Waals surface area contributed by atoms with Crippen LogP contribution >= 0.6 is 15.9 Å². The number of aryl methyl sites for hydroxylation is 1. The lowest BCUT2D eigenvalue weighted by Gasteiger charge is -2.18. The number of pyridine rings is 1. The van der Waals surface area contributed by atoms with Crippen LogP contribution in [0.2, 0.25) is 0 Å². The van der Waals surface area contributed by atoms with Crippen LogP contribution in [0.3, 0.4) is 0 Å². The van der Waals surface area contributed by atoms with Gasteiger partial charge in [-0.25, -0.2) is 18.4 Å². The number of nitrogens with one attached hydrogen (secondary N) is 2. The predicted octanol–water partition coefficient (Wildman–Crippen LogP) is 1.79. The van der Waals surface area contributed by atoms with Crippen molar-refractivity contribution in [3.8, 4) is 5.75 Å². The summed E-state index contributed by atoms with van der Waals surface area (Å²) in [5, 5.41) is 13.1. The van der Waals surface area contributed by atoms with Crippen molar-refractivity contribution in [2.75, 3.05) is 16.2 Å². The summed E-state index contributed by atoms with van der Waals surface area (Å²) in [5.41, 5.74) is 0.776. The fraction of sp³-hybridized carbons (Fsp3) is 0.200. The van der Waals surface area contributed by atoms with Gasteiger partial charge < -0.3 is 10.4 Å². The van der Waals surface area contributed by atoms with Crippen LogP contribution < -0.4 is 14.3 Å². The number of aromatic nitrogens is 1. The molecule has 2 aromatic rings. The Labute approximate surface area is 157 Å². The number of phenols is 1. The van der Waals surface area contributed by atoms with Gasteiger partial charge in [0.25, 0.3) is 5.91 Å². The second-order valence-corrected chi connectivity index (χ2v) is 8.10. The largest absolute Gasteiger partial charge is 0.506 e. The van der Waals surface area contributed by atoms with Crippen LogP contribution in [-0.4, -0.2) is 31.0 Å². The first-order valence-corrected chi connectivity index (χ1v) is 9.62. The summed E-state index contributed by atoms with van der Waals surface area (Å²) in [5.74, 6) is -1.79. The first-order valence-electron chi connectivity index (χ1n) is 7.38. The van der Waals surface area contributed by atoms with E-state index in [0.29, 0.717) is 20.3 Å². The number of carbonyl (C=O) groups excluding carboxylic acids is 1. The van der Waals surface area contributed by atoms with E-state index in [-0.39, 0.29) is 6.54 Å². The van der Waals surface area contributed by atoms with E-state index < -0.39 is 39.9 Å². The molecule has 138 valence electrons. The van der Waals surface area contributed by atoms with Gasteiger partial charge in [0.2, 0.25) is 0 Å². The van der Waals surface area contributed by atoms with E-state index in [2.05, 4.69) is 26.2 Å². The van der Waals surface area contributed by atoms with Crippen molar-refractivity contribution < 1.29 is 22.7 Å². The van der Waals surface area contributed by atoms with Crippen LogP contribution in [0.5, 0.6) is 5.75 Å². The molecule has 1 aliphatic rings. The molecule has 1 fully saturated rings. The average Bonchev–Trinajstić information content (AvgIpc) is 2.76. The molecule has 1 amide bonds. The van der Waals surface area contributed by atoms with E-state index >= 15 is 0 Å². The van der Waals surface area contributed by atoms with Gasteiger partial charge in [0, 0.05) is 6.54 Å². The number of benzene rings is 1. The number of phenolic OH excluding ortho intramolecular Hbond substituents is 1. The number of hydrogen-bond donors (Lipinski definition) is 3. The Morgan fingerprint density at radius 3 is 2.69 bits per heavy atom. The lowest BCUT2D eigenvalue weighted by molar-refractivity contribution is -0.117. The second-order valence-electron chi connectivity index (χ2n) is 5.69. The molecule has 2 heterocycles. The van der Waals surface area contributed by atoms with Crippen LogP contribution in [0.1, 0.15) is 11.1 Å². The Bertz CT molecular complexity index is 956. The Kier molecular flexibility index (Phi) is 4.76. The number of hydrogen-bond acceptors (Lipinski definition) is 6.